The Morgan fingerprint density at radius 3 is 2.75 bits per heavy atom. The summed E-state index contributed by atoms with van der Waals surface area (Å²) in [6, 6.07) is 0.600. The summed E-state index contributed by atoms with van der Waals surface area (Å²) >= 11 is 3.18. The second-order valence-corrected chi connectivity index (χ2v) is 7.76. The van der Waals surface area contributed by atoms with Crippen LogP contribution in [-0.2, 0) is 0 Å². The quantitative estimate of drug-likeness (QED) is 0.818. The third-order valence-electron chi connectivity index (χ3n) is 2.91. The van der Waals surface area contributed by atoms with Crippen LogP contribution in [0.1, 0.15) is 56.5 Å². The van der Waals surface area contributed by atoms with Gasteiger partial charge in [0.2, 0.25) is 11.0 Å². The molecule has 108 valence electrons. The molecule has 20 heavy (non-hydrogen) atoms. The van der Waals surface area contributed by atoms with E-state index in [1.54, 1.807) is 23.1 Å². The highest BCUT2D eigenvalue weighted by atomic mass is 32.2. The molecule has 1 atom stereocenters. The van der Waals surface area contributed by atoms with Crippen molar-refractivity contribution in [1.29, 1.82) is 0 Å². The smallest absolute Gasteiger partial charge is 0.239 e. The van der Waals surface area contributed by atoms with Crippen LogP contribution >= 0.6 is 23.1 Å². The Morgan fingerprint density at radius 1 is 1.30 bits per heavy atom. The molecule has 1 aliphatic rings. The first-order chi connectivity index (χ1) is 9.61. The van der Waals surface area contributed by atoms with Gasteiger partial charge in [0.05, 0.1) is 5.25 Å². The lowest BCUT2D eigenvalue weighted by Gasteiger charge is -2.01. The molecule has 1 fully saturated rings. The summed E-state index contributed by atoms with van der Waals surface area (Å²) < 4.78 is 6.22. The number of thioether (sulfide) groups is 1. The van der Waals surface area contributed by atoms with Gasteiger partial charge in [-0.1, -0.05) is 42.1 Å². The lowest BCUT2D eigenvalue weighted by Crippen LogP contribution is -1.99. The molecular formula is C12H17N5OS2. The molecule has 0 saturated heterocycles. The van der Waals surface area contributed by atoms with Crippen LogP contribution in [0.2, 0.25) is 0 Å². The highest BCUT2D eigenvalue weighted by Gasteiger charge is 2.23. The van der Waals surface area contributed by atoms with Gasteiger partial charge in [0.25, 0.3) is 0 Å². The lowest BCUT2D eigenvalue weighted by molar-refractivity contribution is 0.373. The highest BCUT2D eigenvalue weighted by Crippen LogP contribution is 2.37. The maximum atomic E-state index is 5.30. The summed E-state index contributed by atoms with van der Waals surface area (Å²) in [5, 5.41) is 16.6. The first-order valence-corrected chi connectivity index (χ1v) is 8.41. The van der Waals surface area contributed by atoms with Crippen molar-refractivity contribution in [2.45, 2.75) is 55.2 Å². The fourth-order valence-corrected chi connectivity index (χ4v) is 3.57. The molecule has 1 N–H and O–H groups in total. The van der Waals surface area contributed by atoms with Crippen molar-refractivity contribution in [1.82, 2.24) is 20.3 Å². The van der Waals surface area contributed by atoms with Gasteiger partial charge in [-0.05, 0) is 19.8 Å². The van der Waals surface area contributed by atoms with Gasteiger partial charge in [-0.2, -0.15) is 4.98 Å². The Kier molecular flexibility index (Phi) is 3.93. The van der Waals surface area contributed by atoms with Crippen LogP contribution in [0, 0.1) is 0 Å². The van der Waals surface area contributed by atoms with E-state index in [1.807, 2.05) is 20.8 Å². The van der Waals surface area contributed by atoms with Crippen molar-refractivity contribution in [2.75, 3.05) is 5.32 Å². The predicted molar refractivity (Wildman–Crippen MR) is 79.2 cm³/mol. The number of hydrogen-bond acceptors (Lipinski definition) is 8. The molecule has 8 heteroatoms. The van der Waals surface area contributed by atoms with E-state index in [9.17, 15) is 0 Å². The Balaban J connectivity index is 1.61. The van der Waals surface area contributed by atoms with Crippen LogP contribution in [0.5, 0.6) is 0 Å². The third kappa shape index (κ3) is 3.29. The predicted octanol–water partition coefficient (Wildman–Crippen LogP) is 3.47. The number of rotatable bonds is 6. The van der Waals surface area contributed by atoms with E-state index in [4.69, 9.17) is 4.52 Å². The third-order valence-corrected chi connectivity index (χ3v) is 4.94. The second kappa shape index (κ2) is 5.69. The zero-order chi connectivity index (χ0) is 14.1. The van der Waals surface area contributed by atoms with Crippen LogP contribution in [0.15, 0.2) is 8.86 Å². The van der Waals surface area contributed by atoms with Gasteiger partial charge in [-0.15, -0.1) is 10.2 Å². The minimum Gasteiger partial charge on any atom is -0.357 e. The van der Waals surface area contributed by atoms with Crippen molar-refractivity contribution in [3.63, 3.8) is 0 Å². The normalized spacial score (nSPS) is 16.6. The van der Waals surface area contributed by atoms with Gasteiger partial charge in [-0.25, -0.2) is 0 Å². The number of hydrogen-bond donors (Lipinski definition) is 1. The van der Waals surface area contributed by atoms with E-state index in [2.05, 4.69) is 25.7 Å². The highest BCUT2D eigenvalue weighted by molar-refractivity contribution is 8.01. The number of nitrogens with one attached hydrogen (secondary N) is 1. The summed E-state index contributed by atoms with van der Waals surface area (Å²) in [6.45, 7) is 6.14. The summed E-state index contributed by atoms with van der Waals surface area (Å²) in [4.78, 5) is 4.41. The lowest BCUT2D eigenvalue weighted by atomic mass is 10.2. The Labute approximate surface area is 125 Å². The molecule has 0 radical (unpaired) electrons. The molecule has 0 unspecified atom stereocenters. The van der Waals surface area contributed by atoms with Crippen molar-refractivity contribution >= 4 is 28.2 Å². The van der Waals surface area contributed by atoms with Crippen LogP contribution in [0.25, 0.3) is 0 Å². The fraction of sp³-hybridized carbons (Fsp3) is 0.667. The van der Waals surface area contributed by atoms with Crippen molar-refractivity contribution in [3.8, 4) is 0 Å². The summed E-state index contributed by atoms with van der Waals surface area (Å²) in [5.41, 5.74) is 0. The van der Waals surface area contributed by atoms with Crippen molar-refractivity contribution in [3.05, 3.63) is 11.7 Å². The molecule has 1 saturated carbocycles. The average molecular weight is 311 g/mol. The molecule has 2 aromatic heterocycles. The van der Waals surface area contributed by atoms with Crippen LogP contribution in [0.4, 0.5) is 5.13 Å². The molecule has 0 aromatic carbocycles. The second-order valence-electron chi connectivity index (χ2n) is 5.20. The largest absolute Gasteiger partial charge is 0.357 e. The molecule has 0 bridgehead atoms. The molecule has 2 heterocycles. The molecule has 3 rings (SSSR count). The van der Waals surface area contributed by atoms with Gasteiger partial charge >= 0.3 is 0 Å². The maximum absolute atomic E-state index is 5.30. The van der Waals surface area contributed by atoms with Crippen molar-refractivity contribution < 1.29 is 4.52 Å². The van der Waals surface area contributed by atoms with Crippen LogP contribution in [0.3, 0.4) is 0 Å². The Morgan fingerprint density at radius 2 is 2.10 bits per heavy atom. The van der Waals surface area contributed by atoms with Gasteiger partial charge in [0.1, 0.15) is 0 Å². The van der Waals surface area contributed by atoms with Gasteiger partial charge < -0.3 is 9.84 Å². The Hall–Kier alpha value is -1.15. The minimum atomic E-state index is 0.0803. The number of nitrogens with zero attached hydrogens (tertiary/aromatic N) is 4. The average Bonchev–Trinajstić information content (AvgIpc) is 2.92. The van der Waals surface area contributed by atoms with Crippen LogP contribution < -0.4 is 5.32 Å². The topological polar surface area (TPSA) is 76.7 Å². The minimum absolute atomic E-state index is 0.0803. The molecular weight excluding hydrogens is 294 g/mol. The summed E-state index contributed by atoms with van der Waals surface area (Å²) in [5.74, 6) is 1.67. The van der Waals surface area contributed by atoms with E-state index in [0.29, 0.717) is 11.9 Å². The first kappa shape index (κ1) is 13.8. The molecule has 0 amide bonds. The number of anilines is 1. The maximum Gasteiger partial charge on any atom is 0.239 e. The van der Waals surface area contributed by atoms with E-state index in [-0.39, 0.29) is 11.2 Å². The van der Waals surface area contributed by atoms with E-state index in [0.717, 1.165) is 15.3 Å². The van der Waals surface area contributed by atoms with E-state index >= 15 is 0 Å². The molecule has 1 aliphatic carbocycles. The zero-order valence-electron chi connectivity index (χ0n) is 11.7. The van der Waals surface area contributed by atoms with Gasteiger partial charge in [-0.3, -0.25) is 0 Å². The molecule has 0 spiro atoms. The SMILES string of the molecule is CC(C)c1noc([C@@H](C)Sc2nnc(NC3CC3)s2)n1. The van der Waals surface area contributed by atoms with Gasteiger partial charge in [0, 0.05) is 12.0 Å². The van der Waals surface area contributed by atoms with Crippen LogP contribution in [-0.4, -0.2) is 26.4 Å². The van der Waals surface area contributed by atoms with E-state index < -0.39 is 0 Å². The van der Waals surface area contributed by atoms with E-state index in [1.165, 1.54) is 12.8 Å². The summed E-state index contributed by atoms with van der Waals surface area (Å²) in [6.07, 6.45) is 2.47. The Bertz CT molecular complexity index is 578. The summed E-state index contributed by atoms with van der Waals surface area (Å²) in [7, 11) is 0. The molecule has 0 aliphatic heterocycles. The number of aromatic nitrogens is 4. The molecule has 2 aromatic rings. The first-order valence-electron chi connectivity index (χ1n) is 6.72. The fourth-order valence-electron chi connectivity index (χ4n) is 1.57. The standard InChI is InChI=1S/C12H17N5OS2/c1-6(2)9-14-10(18-17-9)7(3)19-12-16-15-11(20-12)13-8-4-5-8/h6-8H,4-5H2,1-3H3,(H,13,15)/t7-/m1/s1. The monoisotopic (exact) mass is 311 g/mol. The van der Waals surface area contributed by atoms with Gasteiger partial charge in [0.15, 0.2) is 10.2 Å². The molecule has 6 nitrogen and oxygen atoms in total. The van der Waals surface area contributed by atoms with Crippen molar-refractivity contribution in [2.24, 2.45) is 0 Å². The zero-order valence-corrected chi connectivity index (χ0v) is 13.3.